The van der Waals surface area contributed by atoms with E-state index in [-0.39, 0.29) is 37.1 Å². The van der Waals surface area contributed by atoms with Crippen LogP contribution in [0.1, 0.15) is 43.7 Å². The van der Waals surface area contributed by atoms with Gasteiger partial charge in [0.05, 0.1) is 13.0 Å². The monoisotopic (exact) mass is 307 g/mol. The largest absolute Gasteiger partial charge is 0.469 e. The van der Waals surface area contributed by atoms with Gasteiger partial charge >= 0.3 is 5.97 Å². The van der Waals surface area contributed by atoms with Gasteiger partial charge in [-0.15, -0.1) is 0 Å². The van der Waals surface area contributed by atoms with Crippen molar-refractivity contribution in [2.24, 2.45) is 5.92 Å². The lowest BCUT2D eigenvalue weighted by Gasteiger charge is -2.41. The van der Waals surface area contributed by atoms with Crippen LogP contribution < -0.4 is 0 Å². The van der Waals surface area contributed by atoms with Crippen LogP contribution >= 0.6 is 0 Å². The van der Waals surface area contributed by atoms with Gasteiger partial charge in [0.15, 0.2) is 0 Å². The zero-order valence-electron chi connectivity index (χ0n) is 12.8. The number of halogens is 1. The lowest BCUT2D eigenvalue weighted by atomic mass is 9.76. The molecule has 4 atom stereocenters. The lowest BCUT2D eigenvalue weighted by molar-refractivity contribution is -0.150. The van der Waals surface area contributed by atoms with Crippen molar-refractivity contribution in [1.82, 2.24) is 4.90 Å². The van der Waals surface area contributed by atoms with E-state index in [1.54, 1.807) is 6.92 Å². The SMILES string of the molecule is C.COC(=O)C1C(c2ccc(F)c(C)c2)CC2CCC1N2C. The average molecular weight is 307 g/mol. The Hall–Kier alpha value is -1.42. The van der Waals surface area contributed by atoms with Gasteiger partial charge in [-0.25, -0.2) is 4.39 Å². The minimum Gasteiger partial charge on any atom is -0.469 e. The highest BCUT2D eigenvalue weighted by molar-refractivity contribution is 5.75. The van der Waals surface area contributed by atoms with Crippen LogP contribution in [0.25, 0.3) is 0 Å². The normalized spacial score (nSPS) is 30.7. The summed E-state index contributed by atoms with van der Waals surface area (Å²) in [4.78, 5) is 14.6. The van der Waals surface area contributed by atoms with E-state index in [4.69, 9.17) is 4.74 Å². The van der Waals surface area contributed by atoms with Crippen molar-refractivity contribution < 1.29 is 13.9 Å². The van der Waals surface area contributed by atoms with Crippen molar-refractivity contribution in [3.63, 3.8) is 0 Å². The molecule has 0 amide bonds. The number of hydrogen-bond acceptors (Lipinski definition) is 3. The number of aryl methyl sites for hydroxylation is 1. The summed E-state index contributed by atoms with van der Waals surface area (Å²) in [5.41, 5.74) is 1.71. The molecule has 0 aromatic heterocycles. The van der Waals surface area contributed by atoms with Crippen LogP contribution in [-0.4, -0.2) is 37.1 Å². The molecular formula is C18H26FNO2. The molecule has 2 saturated heterocycles. The number of ether oxygens (including phenoxy) is 1. The van der Waals surface area contributed by atoms with E-state index in [1.807, 2.05) is 12.1 Å². The van der Waals surface area contributed by atoms with E-state index in [1.165, 1.54) is 13.2 Å². The molecule has 3 nitrogen and oxygen atoms in total. The summed E-state index contributed by atoms with van der Waals surface area (Å²) in [6.07, 6.45) is 3.11. The van der Waals surface area contributed by atoms with Gasteiger partial charge in [0.2, 0.25) is 0 Å². The fourth-order valence-electron chi connectivity index (χ4n) is 4.17. The maximum Gasteiger partial charge on any atom is 0.310 e. The van der Waals surface area contributed by atoms with Crippen LogP contribution in [0.4, 0.5) is 4.39 Å². The molecular weight excluding hydrogens is 281 g/mol. The Morgan fingerprint density at radius 1 is 1.36 bits per heavy atom. The van der Waals surface area contributed by atoms with Gasteiger partial charge in [0.25, 0.3) is 0 Å². The Balaban J connectivity index is 0.00000176. The smallest absolute Gasteiger partial charge is 0.310 e. The van der Waals surface area contributed by atoms with Gasteiger partial charge in [-0.2, -0.15) is 0 Å². The second-order valence-electron chi connectivity index (χ2n) is 6.36. The highest BCUT2D eigenvalue weighted by Crippen LogP contribution is 2.46. The van der Waals surface area contributed by atoms with Gasteiger partial charge in [-0.3, -0.25) is 9.69 Å². The first kappa shape index (κ1) is 16.9. The van der Waals surface area contributed by atoms with Gasteiger partial charge in [-0.1, -0.05) is 19.6 Å². The summed E-state index contributed by atoms with van der Waals surface area (Å²) < 4.78 is 18.6. The highest BCUT2D eigenvalue weighted by Gasteiger charge is 2.49. The molecule has 2 bridgehead atoms. The number of esters is 1. The van der Waals surface area contributed by atoms with Gasteiger partial charge in [-0.05, 0) is 50.4 Å². The number of piperidine rings is 1. The number of rotatable bonds is 2. The quantitative estimate of drug-likeness (QED) is 0.783. The Morgan fingerprint density at radius 2 is 2.09 bits per heavy atom. The Morgan fingerprint density at radius 3 is 2.73 bits per heavy atom. The van der Waals surface area contributed by atoms with Crippen molar-refractivity contribution in [3.8, 4) is 0 Å². The number of benzene rings is 1. The first-order chi connectivity index (χ1) is 10.0. The molecule has 2 fully saturated rings. The molecule has 4 unspecified atom stereocenters. The third-order valence-corrected chi connectivity index (χ3v) is 5.35. The standard InChI is InChI=1S/C17H22FNO2.CH4/c1-10-8-11(4-6-14(10)18)13-9-12-5-7-15(19(12)2)16(13)17(20)21-3;/h4,6,8,12-13,15-16H,5,7,9H2,1-3H3;1H4. The zero-order valence-corrected chi connectivity index (χ0v) is 12.8. The number of carbonyl (C=O) groups is 1. The molecule has 1 aromatic carbocycles. The molecule has 0 aliphatic carbocycles. The minimum atomic E-state index is -0.190. The van der Waals surface area contributed by atoms with Crippen LogP contribution in [0, 0.1) is 18.7 Å². The van der Waals surface area contributed by atoms with Crippen LogP contribution in [-0.2, 0) is 9.53 Å². The summed E-state index contributed by atoms with van der Waals surface area (Å²) in [6.45, 7) is 1.77. The summed E-state index contributed by atoms with van der Waals surface area (Å²) in [5.74, 6) is -0.350. The molecule has 1 aromatic rings. The Bertz CT molecular complexity index is 560. The summed E-state index contributed by atoms with van der Waals surface area (Å²) in [6, 6.07) is 5.99. The molecule has 2 aliphatic rings. The van der Waals surface area contributed by atoms with E-state index < -0.39 is 0 Å². The van der Waals surface area contributed by atoms with Crippen LogP contribution in [0.2, 0.25) is 0 Å². The fraction of sp³-hybridized carbons (Fsp3) is 0.611. The second kappa shape index (κ2) is 6.37. The summed E-state index contributed by atoms with van der Waals surface area (Å²) in [5, 5.41) is 0. The fourth-order valence-corrected chi connectivity index (χ4v) is 4.17. The highest BCUT2D eigenvalue weighted by atomic mass is 19.1. The first-order valence-corrected chi connectivity index (χ1v) is 7.58. The molecule has 22 heavy (non-hydrogen) atoms. The first-order valence-electron chi connectivity index (χ1n) is 7.58. The predicted octanol–water partition coefficient (Wildman–Crippen LogP) is 3.51. The van der Waals surface area contributed by atoms with Crippen molar-refractivity contribution >= 4 is 5.97 Å². The van der Waals surface area contributed by atoms with E-state index in [9.17, 15) is 9.18 Å². The van der Waals surface area contributed by atoms with Gasteiger partial charge < -0.3 is 4.74 Å². The molecule has 0 saturated carbocycles. The topological polar surface area (TPSA) is 29.5 Å². The summed E-state index contributed by atoms with van der Waals surface area (Å²) in [7, 11) is 3.56. The van der Waals surface area contributed by atoms with Crippen molar-refractivity contribution in [1.29, 1.82) is 0 Å². The van der Waals surface area contributed by atoms with Crippen LogP contribution in [0.3, 0.4) is 0 Å². The molecule has 0 spiro atoms. The van der Waals surface area contributed by atoms with Crippen molar-refractivity contribution in [2.75, 3.05) is 14.2 Å². The molecule has 0 radical (unpaired) electrons. The average Bonchev–Trinajstić information content (AvgIpc) is 2.72. The number of carbonyl (C=O) groups excluding carboxylic acids is 1. The molecule has 122 valence electrons. The third kappa shape index (κ3) is 2.65. The molecule has 2 aliphatic heterocycles. The number of methoxy groups -OCH3 is 1. The molecule has 2 heterocycles. The van der Waals surface area contributed by atoms with Gasteiger partial charge in [0.1, 0.15) is 5.82 Å². The maximum absolute atomic E-state index is 13.5. The van der Waals surface area contributed by atoms with E-state index in [2.05, 4.69) is 11.9 Å². The van der Waals surface area contributed by atoms with E-state index >= 15 is 0 Å². The molecule has 4 heteroatoms. The van der Waals surface area contributed by atoms with E-state index in [0.29, 0.717) is 11.6 Å². The Kier molecular flexibility index (Phi) is 4.90. The maximum atomic E-state index is 13.5. The van der Waals surface area contributed by atoms with Gasteiger partial charge in [0, 0.05) is 18.0 Å². The van der Waals surface area contributed by atoms with Crippen molar-refractivity contribution in [3.05, 3.63) is 35.1 Å². The van der Waals surface area contributed by atoms with Crippen LogP contribution in [0.5, 0.6) is 0 Å². The summed E-state index contributed by atoms with van der Waals surface area (Å²) >= 11 is 0. The van der Waals surface area contributed by atoms with E-state index in [0.717, 1.165) is 24.8 Å². The second-order valence-corrected chi connectivity index (χ2v) is 6.36. The molecule has 0 N–H and O–H groups in total. The minimum absolute atomic E-state index is 0. The number of hydrogen-bond donors (Lipinski definition) is 0. The Labute approximate surface area is 132 Å². The molecule has 3 rings (SSSR count). The lowest BCUT2D eigenvalue weighted by Crippen LogP contribution is -2.49. The third-order valence-electron chi connectivity index (χ3n) is 5.35. The zero-order chi connectivity index (χ0) is 15.1. The van der Waals surface area contributed by atoms with Crippen LogP contribution in [0.15, 0.2) is 18.2 Å². The predicted molar refractivity (Wildman–Crippen MR) is 85.3 cm³/mol. The number of nitrogens with zero attached hydrogens (tertiary/aromatic N) is 1. The number of fused-ring (bicyclic) bond motifs is 2. The van der Waals surface area contributed by atoms with Crippen molar-refractivity contribution in [2.45, 2.75) is 51.6 Å².